The van der Waals surface area contributed by atoms with Crippen LogP contribution in [-0.4, -0.2) is 43.5 Å². The third-order valence-electron chi connectivity index (χ3n) is 3.78. The van der Waals surface area contributed by atoms with Crippen molar-refractivity contribution in [3.63, 3.8) is 0 Å². The maximum absolute atomic E-state index is 12.1. The normalized spacial score (nSPS) is 16.1. The number of carbonyl (C=O) groups excluding carboxylic acids is 1. The topological polar surface area (TPSA) is 58.4 Å². The quantitative estimate of drug-likeness (QED) is 0.825. The van der Waals surface area contributed by atoms with Crippen LogP contribution in [0, 0.1) is 0 Å². The Labute approximate surface area is 121 Å². The minimum Gasteiger partial charge on any atom is -0.351 e. The summed E-state index contributed by atoms with van der Waals surface area (Å²) in [5.74, 6) is 0.0147. The van der Waals surface area contributed by atoms with E-state index >= 15 is 0 Å². The molecule has 0 aromatic heterocycles. The highest BCUT2D eigenvalue weighted by atomic mass is 16.1. The molecule has 3 N–H and O–H groups in total. The Morgan fingerprint density at radius 1 is 1.25 bits per heavy atom. The van der Waals surface area contributed by atoms with E-state index in [1.54, 1.807) is 0 Å². The largest absolute Gasteiger partial charge is 0.351 e. The van der Waals surface area contributed by atoms with E-state index in [1.807, 2.05) is 24.3 Å². The zero-order valence-corrected chi connectivity index (χ0v) is 12.1. The number of amides is 1. The smallest absolute Gasteiger partial charge is 0.251 e. The van der Waals surface area contributed by atoms with Crippen LogP contribution in [0.1, 0.15) is 35.2 Å². The molecule has 1 fully saturated rings. The van der Waals surface area contributed by atoms with E-state index in [0.29, 0.717) is 6.54 Å². The van der Waals surface area contributed by atoms with Crippen LogP contribution >= 0.6 is 0 Å². The van der Waals surface area contributed by atoms with E-state index in [2.05, 4.69) is 10.2 Å². The fraction of sp³-hybridized carbons (Fsp3) is 0.562. The molecule has 0 atom stereocenters. The van der Waals surface area contributed by atoms with Crippen LogP contribution in [0.25, 0.3) is 0 Å². The van der Waals surface area contributed by atoms with Gasteiger partial charge in [0, 0.05) is 18.7 Å². The predicted octanol–water partition coefficient (Wildman–Crippen LogP) is 1.40. The summed E-state index contributed by atoms with van der Waals surface area (Å²) in [5.41, 5.74) is 7.40. The zero-order chi connectivity index (χ0) is 14.2. The van der Waals surface area contributed by atoms with Gasteiger partial charge in [-0.3, -0.25) is 4.79 Å². The summed E-state index contributed by atoms with van der Waals surface area (Å²) in [7, 11) is 0. The Morgan fingerprint density at radius 2 is 2.05 bits per heavy atom. The van der Waals surface area contributed by atoms with E-state index in [4.69, 9.17) is 5.73 Å². The summed E-state index contributed by atoms with van der Waals surface area (Å²) >= 11 is 0. The molecular formula is C16H25N3O. The summed E-state index contributed by atoms with van der Waals surface area (Å²) < 4.78 is 0. The monoisotopic (exact) mass is 275 g/mol. The van der Waals surface area contributed by atoms with Crippen molar-refractivity contribution in [2.75, 3.05) is 32.7 Å². The second-order valence-electron chi connectivity index (χ2n) is 5.40. The number of benzene rings is 1. The second-order valence-corrected chi connectivity index (χ2v) is 5.40. The maximum Gasteiger partial charge on any atom is 0.251 e. The van der Waals surface area contributed by atoms with Crippen molar-refractivity contribution in [2.45, 2.75) is 25.7 Å². The van der Waals surface area contributed by atoms with Gasteiger partial charge in [-0.2, -0.15) is 0 Å². The number of carbonyl (C=O) groups is 1. The highest BCUT2D eigenvalue weighted by molar-refractivity contribution is 5.94. The Morgan fingerprint density at radius 3 is 2.80 bits per heavy atom. The molecule has 2 rings (SSSR count). The van der Waals surface area contributed by atoms with Crippen LogP contribution < -0.4 is 11.1 Å². The first-order valence-electron chi connectivity index (χ1n) is 7.59. The van der Waals surface area contributed by atoms with Gasteiger partial charge >= 0.3 is 0 Å². The second kappa shape index (κ2) is 8.02. The van der Waals surface area contributed by atoms with Crippen molar-refractivity contribution in [3.8, 4) is 0 Å². The van der Waals surface area contributed by atoms with E-state index in [1.165, 1.54) is 32.4 Å². The van der Waals surface area contributed by atoms with Crippen LogP contribution in [-0.2, 0) is 6.42 Å². The zero-order valence-electron chi connectivity index (χ0n) is 12.1. The lowest BCUT2D eigenvalue weighted by Crippen LogP contribution is -2.37. The van der Waals surface area contributed by atoms with Gasteiger partial charge in [-0.15, -0.1) is 0 Å². The molecular weight excluding hydrogens is 250 g/mol. The first-order chi connectivity index (χ1) is 9.79. The molecule has 4 heteroatoms. The Bertz CT molecular complexity index is 427. The van der Waals surface area contributed by atoms with Gasteiger partial charge in [0.25, 0.3) is 5.91 Å². The molecule has 1 saturated heterocycles. The minimum absolute atomic E-state index is 0.0147. The van der Waals surface area contributed by atoms with Crippen LogP contribution in [0.4, 0.5) is 0 Å². The first kappa shape index (κ1) is 15.0. The van der Waals surface area contributed by atoms with Crippen molar-refractivity contribution >= 4 is 5.91 Å². The molecule has 0 spiro atoms. The summed E-state index contributed by atoms with van der Waals surface area (Å²) in [4.78, 5) is 14.5. The number of nitrogens with one attached hydrogen (secondary N) is 1. The molecule has 0 saturated carbocycles. The van der Waals surface area contributed by atoms with Crippen molar-refractivity contribution in [1.82, 2.24) is 10.2 Å². The molecule has 0 aliphatic carbocycles. The highest BCUT2D eigenvalue weighted by Crippen LogP contribution is 2.08. The summed E-state index contributed by atoms with van der Waals surface area (Å²) in [5, 5.41) is 3.00. The number of rotatable bonds is 6. The van der Waals surface area contributed by atoms with Gasteiger partial charge in [0.2, 0.25) is 0 Å². The van der Waals surface area contributed by atoms with E-state index in [-0.39, 0.29) is 5.91 Å². The average Bonchev–Trinajstić information content (AvgIpc) is 2.49. The number of hydrogen-bond acceptors (Lipinski definition) is 3. The van der Waals surface area contributed by atoms with Gasteiger partial charge in [0.15, 0.2) is 0 Å². The lowest BCUT2D eigenvalue weighted by molar-refractivity contribution is 0.0946. The van der Waals surface area contributed by atoms with E-state index in [0.717, 1.165) is 30.6 Å². The molecule has 1 aliphatic rings. The average molecular weight is 275 g/mol. The molecule has 0 radical (unpaired) electrons. The fourth-order valence-corrected chi connectivity index (χ4v) is 2.65. The Kier molecular flexibility index (Phi) is 6.02. The van der Waals surface area contributed by atoms with Crippen LogP contribution in [0.5, 0.6) is 0 Å². The number of hydrogen-bond donors (Lipinski definition) is 2. The Hall–Kier alpha value is -1.39. The van der Waals surface area contributed by atoms with Crippen molar-refractivity contribution < 1.29 is 4.79 Å². The summed E-state index contributed by atoms with van der Waals surface area (Å²) in [6, 6.07) is 7.72. The van der Waals surface area contributed by atoms with Crippen molar-refractivity contribution in [1.29, 1.82) is 0 Å². The first-order valence-corrected chi connectivity index (χ1v) is 7.59. The minimum atomic E-state index is 0.0147. The van der Waals surface area contributed by atoms with Gasteiger partial charge in [0.1, 0.15) is 0 Å². The molecule has 20 heavy (non-hydrogen) atoms. The molecule has 1 aromatic carbocycles. The lowest BCUT2D eigenvalue weighted by atomic mass is 10.1. The lowest BCUT2D eigenvalue weighted by Gasteiger charge is -2.26. The van der Waals surface area contributed by atoms with Gasteiger partial charge in [-0.05, 0) is 56.6 Å². The molecule has 0 bridgehead atoms. The molecule has 1 aliphatic heterocycles. The van der Waals surface area contributed by atoms with Crippen LogP contribution in [0.2, 0.25) is 0 Å². The number of piperidine rings is 1. The summed E-state index contributed by atoms with van der Waals surface area (Å²) in [6.45, 7) is 4.62. The molecule has 1 aromatic rings. The van der Waals surface area contributed by atoms with E-state index < -0.39 is 0 Å². The molecule has 4 nitrogen and oxygen atoms in total. The molecule has 110 valence electrons. The van der Waals surface area contributed by atoms with Crippen molar-refractivity contribution in [3.05, 3.63) is 35.4 Å². The van der Waals surface area contributed by atoms with Crippen molar-refractivity contribution in [2.24, 2.45) is 5.73 Å². The van der Waals surface area contributed by atoms with Crippen LogP contribution in [0.15, 0.2) is 24.3 Å². The standard InChI is InChI=1S/C16H25N3O/c17-8-7-14-5-4-6-15(13-14)16(20)18-9-12-19-10-2-1-3-11-19/h4-6,13H,1-3,7-12,17H2,(H,18,20). The number of likely N-dealkylation sites (tertiary alicyclic amines) is 1. The molecule has 1 heterocycles. The third-order valence-corrected chi connectivity index (χ3v) is 3.78. The van der Waals surface area contributed by atoms with Gasteiger partial charge < -0.3 is 16.0 Å². The Balaban J connectivity index is 1.77. The molecule has 1 amide bonds. The number of nitrogens with zero attached hydrogens (tertiary/aromatic N) is 1. The SMILES string of the molecule is NCCc1cccc(C(=O)NCCN2CCCCC2)c1. The van der Waals surface area contributed by atoms with Crippen LogP contribution in [0.3, 0.4) is 0 Å². The molecule has 0 unspecified atom stereocenters. The summed E-state index contributed by atoms with van der Waals surface area (Å²) in [6.07, 6.45) is 4.73. The highest BCUT2D eigenvalue weighted by Gasteiger charge is 2.10. The van der Waals surface area contributed by atoms with E-state index in [9.17, 15) is 4.79 Å². The fourth-order valence-electron chi connectivity index (χ4n) is 2.65. The number of nitrogens with two attached hydrogens (primary N) is 1. The maximum atomic E-state index is 12.1. The van der Waals surface area contributed by atoms with Gasteiger partial charge in [-0.1, -0.05) is 18.6 Å². The third kappa shape index (κ3) is 4.62. The predicted molar refractivity (Wildman–Crippen MR) is 81.8 cm³/mol. The van der Waals surface area contributed by atoms with Gasteiger partial charge in [-0.25, -0.2) is 0 Å². The van der Waals surface area contributed by atoms with Gasteiger partial charge in [0.05, 0.1) is 0 Å².